The predicted molar refractivity (Wildman–Crippen MR) is 116 cm³/mol. The topological polar surface area (TPSA) is 45.7 Å². The van der Waals surface area contributed by atoms with Gasteiger partial charge in [-0.15, -0.1) is 0 Å². The largest absolute Gasteiger partial charge is 0.497 e. The molecule has 0 radical (unpaired) electrons. The van der Waals surface area contributed by atoms with Crippen molar-refractivity contribution in [3.63, 3.8) is 0 Å². The van der Waals surface area contributed by atoms with Gasteiger partial charge in [0, 0.05) is 54.6 Å². The van der Waals surface area contributed by atoms with Gasteiger partial charge in [-0.1, -0.05) is 23.9 Å². The molecule has 0 N–H and O–H groups in total. The minimum absolute atomic E-state index is 0.0877. The van der Waals surface area contributed by atoms with Crippen LogP contribution in [-0.4, -0.2) is 49.1 Å². The van der Waals surface area contributed by atoms with Crippen molar-refractivity contribution in [3.05, 3.63) is 78.5 Å². The standard InChI is InChI=1S/C23H23N3O2S/c1-28-20-6-4-5-19(17-20)25-13-15-26(16-14-25)23(27)18-8-10-21(11-9-18)29-22-7-2-3-12-24-22/h2-12,17H,13-16H2,1H3. The van der Waals surface area contributed by atoms with Gasteiger partial charge >= 0.3 is 0 Å². The average Bonchev–Trinajstić information content (AvgIpc) is 2.80. The summed E-state index contributed by atoms with van der Waals surface area (Å²) in [5, 5.41) is 0.945. The van der Waals surface area contributed by atoms with Crippen molar-refractivity contribution < 1.29 is 9.53 Å². The molecule has 1 aliphatic heterocycles. The van der Waals surface area contributed by atoms with Gasteiger partial charge in [-0.2, -0.15) is 0 Å². The summed E-state index contributed by atoms with van der Waals surface area (Å²) in [5.41, 5.74) is 1.86. The number of piperazine rings is 1. The number of amides is 1. The summed E-state index contributed by atoms with van der Waals surface area (Å²) >= 11 is 1.59. The summed E-state index contributed by atoms with van der Waals surface area (Å²) in [6, 6.07) is 21.7. The molecule has 0 aliphatic carbocycles. The lowest BCUT2D eigenvalue weighted by molar-refractivity contribution is 0.0746. The summed E-state index contributed by atoms with van der Waals surface area (Å²) in [7, 11) is 1.68. The molecular weight excluding hydrogens is 382 g/mol. The number of benzene rings is 2. The maximum atomic E-state index is 12.9. The lowest BCUT2D eigenvalue weighted by atomic mass is 10.1. The van der Waals surface area contributed by atoms with E-state index >= 15 is 0 Å². The molecule has 3 aromatic rings. The highest BCUT2D eigenvalue weighted by Crippen LogP contribution is 2.26. The second kappa shape index (κ2) is 9.01. The van der Waals surface area contributed by atoms with Gasteiger partial charge in [0.1, 0.15) is 10.8 Å². The zero-order valence-corrected chi connectivity index (χ0v) is 17.1. The molecule has 0 bridgehead atoms. The Morgan fingerprint density at radius 2 is 1.76 bits per heavy atom. The first-order chi connectivity index (χ1) is 14.2. The number of nitrogens with zero attached hydrogens (tertiary/aromatic N) is 3. The monoisotopic (exact) mass is 405 g/mol. The highest BCUT2D eigenvalue weighted by atomic mass is 32.2. The molecule has 0 spiro atoms. The van der Waals surface area contributed by atoms with Crippen LogP contribution in [0.4, 0.5) is 5.69 Å². The molecule has 0 saturated carbocycles. The summed E-state index contributed by atoms with van der Waals surface area (Å²) < 4.78 is 5.31. The van der Waals surface area contributed by atoms with Crippen LogP contribution in [0.1, 0.15) is 10.4 Å². The molecule has 1 aromatic heterocycles. The van der Waals surface area contributed by atoms with Crippen molar-refractivity contribution in [1.29, 1.82) is 0 Å². The van der Waals surface area contributed by atoms with Crippen LogP contribution in [0.5, 0.6) is 5.75 Å². The van der Waals surface area contributed by atoms with Gasteiger partial charge in [-0.05, 0) is 48.5 Å². The minimum Gasteiger partial charge on any atom is -0.497 e. The summed E-state index contributed by atoms with van der Waals surface area (Å²) in [4.78, 5) is 22.5. The van der Waals surface area contributed by atoms with Crippen LogP contribution in [0.15, 0.2) is 82.8 Å². The molecule has 1 saturated heterocycles. The van der Waals surface area contributed by atoms with E-state index in [1.54, 1.807) is 25.1 Å². The zero-order chi connectivity index (χ0) is 20.1. The SMILES string of the molecule is COc1cccc(N2CCN(C(=O)c3ccc(Sc4ccccn4)cc3)CC2)c1. The number of carbonyl (C=O) groups is 1. The Labute approximate surface area is 175 Å². The Morgan fingerprint density at radius 1 is 0.966 bits per heavy atom. The molecule has 1 fully saturated rings. The van der Waals surface area contributed by atoms with Crippen molar-refractivity contribution in [2.75, 3.05) is 38.2 Å². The van der Waals surface area contributed by atoms with E-state index in [0.717, 1.165) is 40.0 Å². The average molecular weight is 406 g/mol. The smallest absolute Gasteiger partial charge is 0.253 e. The number of rotatable bonds is 5. The van der Waals surface area contributed by atoms with Crippen LogP contribution in [0.25, 0.3) is 0 Å². The third-order valence-electron chi connectivity index (χ3n) is 4.95. The zero-order valence-electron chi connectivity index (χ0n) is 16.3. The number of hydrogen-bond acceptors (Lipinski definition) is 5. The van der Waals surface area contributed by atoms with Crippen LogP contribution in [0.2, 0.25) is 0 Å². The van der Waals surface area contributed by atoms with E-state index in [-0.39, 0.29) is 5.91 Å². The highest BCUT2D eigenvalue weighted by Gasteiger charge is 2.22. The van der Waals surface area contributed by atoms with E-state index in [0.29, 0.717) is 13.1 Å². The fourth-order valence-corrected chi connectivity index (χ4v) is 4.13. The van der Waals surface area contributed by atoms with Gasteiger partial charge < -0.3 is 14.5 Å². The number of methoxy groups -OCH3 is 1. The summed E-state index contributed by atoms with van der Waals surface area (Å²) in [5.74, 6) is 0.939. The van der Waals surface area contributed by atoms with Gasteiger partial charge in [0.05, 0.1) is 7.11 Å². The molecule has 0 atom stereocenters. The quantitative estimate of drug-likeness (QED) is 0.637. The maximum absolute atomic E-state index is 12.9. The number of aromatic nitrogens is 1. The molecule has 0 unspecified atom stereocenters. The van der Waals surface area contributed by atoms with E-state index < -0.39 is 0 Å². The first-order valence-electron chi connectivity index (χ1n) is 9.60. The Bertz CT molecular complexity index is 955. The third-order valence-corrected chi connectivity index (χ3v) is 5.91. The minimum atomic E-state index is 0.0877. The Balaban J connectivity index is 1.35. The molecule has 1 amide bonds. The molecule has 2 aromatic carbocycles. The molecule has 5 nitrogen and oxygen atoms in total. The number of pyridine rings is 1. The van der Waals surface area contributed by atoms with Crippen molar-refractivity contribution in [2.24, 2.45) is 0 Å². The Hall–Kier alpha value is -2.99. The van der Waals surface area contributed by atoms with Crippen LogP contribution in [-0.2, 0) is 0 Å². The van der Waals surface area contributed by atoms with E-state index in [1.807, 2.05) is 65.6 Å². The molecule has 6 heteroatoms. The van der Waals surface area contributed by atoms with Gasteiger partial charge in [0.25, 0.3) is 5.91 Å². The van der Waals surface area contributed by atoms with Crippen molar-refractivity contribution in [2.45, 2.75) is 9.92 Å². The number of ether oxygens (including phenoxy) is 1. The van der Waals surface area contributed by atoms with E-state index in [2.05, 4.69) is 16.0 Å². The molecular formula is C23H23N3O2S. The first kappa shape index (κ1) is 19.3. The van der Waals surface area contributed by atoms with Gasteiger partial charge in [0.15, 0.2) is 0 Å². The van der Waals surface area contributed by atoms with Crippen LogP contribution < -0.4 is 9.64 Å². The fraction of sp³-hybridized carbons (Fsp3) is 0.217. The summed E-state index contributed by atoms with van der Waals surface area (Å²) in [6.45, 7) is 3.04. The molecule has 4 rings (SSSR count). The molecule has 148 valence electrons. The van der Waals surface area contributed by atoms with Crippen LogP contribution in [0, 0.1) is 0 Å². The predicted octanol–water partition coefficient (Wildman–Crippen LogP) is 4.20. The van der Waals surface area contributed by atoms with Crippen LogP contribution in [0.3, 0.4) is 0 Å². The number of anilines is 1. The van der Waals surface area contributed by atoms with Gasteiger partial charge in [0.2, 0.25) is 0 Å². The fourth-order valence-electron chi connectivity index (χ4n) is 3.35. The number of hydrogen-bond donors (Lipinski definition) is 0. The van der Waals surface area contributed by atoms with E-state index in [9.17, 15) is 4.79 Å². The lowest BCUT2D eigenvalue weighted by Gasteiger charge is -2.36. The lowest BCUT2D eigenvalue weighted by Crippen LogP contribution is -2.48. The maximum Gasteiger partial charge on any atom is 0.253 e. The highest BCUT2D eigenvalue weighted by molar-refractivity contribution is 7.99. The normalized spacial score (nSPS) is 14.0. The van der Waals surface area contributed by atoms with Crippen LogP contribution >= 0.6 is 11.8 Å². The number of carbonyl (C=O) groups excluding carboxylic acids is 1. The summed E-state index contributed by atoms with van der Waals surface area (Å²) in [6.07, 6.45) is 1.78. The van der Waals surface area contributed by atoms with E-state index in [1.165, 1.54) is 0 Å². The van der Waals surface area contributed by atoms with Gasteiger partial charge in [-0.3, -0.25) is 4.79 Å². The Kier molecular flexibility index (Phi) is 6.00. The second-order valence-corrected chi connectivity index (χ2v) is 7.87. The van der Waals surface area contributed by atoms with E-state index in [4.69, 9.17) is 4.74 Å². The van der Waals surface area contributed by atoms with Crippen molar-refractivity contribution in [3.8, 4) is 5.75 Å². The molecule has 2 heterocycles. The third kappa shape index (κ3) is 4.71. The Morgan fingerprint density at radius 3 is 2.45 bits per heavy atom. The molecule has 1 aliphatic rings. The molecule has 29 heavy (non-hydrogen) atoms. The van der Waals surface area contributed by atoms with Crippen molar-refractivity contribution in [1.82, 2.24) is 9.88 Å². The second-order valence-electron chi connectivity index (χ2n) is 6.78. The first-order valence-corrected chi connectivity index (χ1v) is 10.4. The van der Waals surface area contributed by atoms with Crippen molar-refractivity contribution >= 4 is 23.4 Å². The van der Waals surface area contributed by atoms with Gasteiger partial charge in [-0.25, -0.2) is 4.98 Å².